The van der Waals surface area contributed by atoms with E-state index in [0.29, 0.717) is 12.8 Å². The second-order valence-corrected chi connectivity index (χ2v) is 18.8. The van der Waals surface area contributed by atoms with Crippen molar-refractivity contribution in [1.82, 2.24) is 0 Å². The predicted octanol–water partition coefficient (Wildman–Crippen LogP) is 19.5. The summed E-state index contributed by atoms with van der Waals surface area (Å²) in [5.41, 5.74) is 0. The SMILES string of the molecule is CC/C=C\C/C=C\C/C=C\C/C=C\C/C=C\CCCCCC(=O)OC(COC(=O)CCCCCCCCCCCC)COC(=O)CCCCCCCCCCCC/C=C\C/C=C\C/C=C\C/C=C\CC. The number of allylic oxidation sites excluding steroid dienone is 18. The van der Waals surface area contributed by atoms with Gasteiger partial charge in [0, 0.05) is 19.3 Å². The molecule has 0 spiro atoms. The zero-order valence-corrected chi connectivity index (χ0v) is 45.5. The van der Waals surface area contributed by atoms with Crippen molar-refractivity contribution >= 4 is 17.9 Å². The van der Waals surface area contributed by atoms with Gasteiger partial charge in [0.05, 0.1) is 0 Å². The molecular weight excluding hydrogens is 865 g/mol. The summed E-state index contributed by atoms with van der Waals surface area (Å²) in [6.45, 7) is 6.37. The van der Waals surface area contributed by atoms with E-state index in [1.54, 1.807) is 0 Å². The van der Waals surface area contributed by atoms with E-state index in [4.69, 9.17) is 14.2 Å². The number of rotatable bonds is 51. The minimum atomic E-state index is -0.797. The molecule has 0 amide bonds. The first kappa shape index (κ1) is 66.1. The van der Waals surface area contributed by atoms with Gasteiger partial charge < -0.3 is 14.2 Å². The van der Waals surface area contributed by atoms with Gasteiger partial charge in [-0.1, -0.05) is 246 Å². The molecule has 0 saturated carbocycles. The topological polar surface area (TPSA) is 78.9 Å². The number of ether oxygens (including phenoxy) is 3. The van der Waals surface area contributed by atoms with E-state index in [1.165, 1.54) is 96.3 Å². The first-order valence-corrected chi connectivity index (χ1v) is 28.9. The first-order valence-electron chi connectivity index (χ1n) is 28.9. The fourth-order valence-corrected chi connectivity index (χ4v) is 7.75. The smallest absolute Gasteiger partial charge is 0.306 e. The minimum Gasteiger partial charge on any atom is -0.462 e. The summed E-state index contributed by atoms with van der Waals surface area (Å²) in [5, 5.41) is 0. The molecule has 0 rings (SSSR count). The molecule has 0 aromatic heterocycles. The fraction of sp³-hybridized carbons (Fsp3) is 0.672. The maximum absolute atomic E-state index is 12.8. The van der Waals surface area contributed by atoms with E-state index in [9.17, 15) is 14.4 Å². The molecule has 0 aliphatic rings. The van der Waals surface area contributed by atoms with Crippen molar-refractivity contribution in [3.63, 3.8) is 0 Å². The lowest BCUT2D eigenvalue weighted by Gasteiger charge is -2.18. The lowest BCUT2D eigenvalue weighted by molar-refractivity contribution is -0.167. The molecule has 0 N–H and O–H groups in total. The number of carbonyl (C=O) groups excluding carboxylic acids is 3. The van der Waals surface area contributed by atoms with Crippen LogP contribution in [0.3, 0.4) is 0 Å². The highest BCUT2D eigenvalue weighted by Gasteiger charge is 2.19. The van der Waals surface area contributed by atoms with Crippen molar-refractivity contribution in [3.05, 3.63) is 109 Å². The van der Waals surface area contributed by atoms with Crippen LogP contribution in [0.4, 0.5) is 0 Å². The average Bonchev–Trinajstić information content (AvgIpc) is 3.36. The summed E-state index contributed by atoms with van der Waals surface area (Å²) >= 11 is 0. The molecule has 0 saturated heterocycles. The molecule has 1 atom stereocenters. The van der Waals surface area contributed by atoms with Crippen LogP contribution in [0.25, 0.3) is 0 Å². The van der Waals surface area contributed by atoms with Crippen molar-refractivity contribution in [2.75, 3.05) is 13.2 Å². The van der Waals surface area contributed by atoms with Crippen molar-refractivity contribution < 1.29 is 28.6 Å². The van der Waals surface area contributed by atoms with Crippen LogP contribution in [-0.2, 0) is 28.6 Å². The Labute approximate surface area is 431 Å². The number of hydrogen-bond donors (Lipinski definition) is 0. The van der Waals surface area contributed by atoms with Crippen LogP contribution >= 0.6 is 0 Å². The molecule has 0 aliphatic carbocycles. The summed E-state index contributed by atoms with van der Waals surface area (Å²) in [6.07, 6.45) is 78.0. The molecule has 70 heavy (non-hydrogen) atoms. The highest BCUT2D eigenvalue weighted by Crippen LogP contribution is 2.15. The monoisotopic (exact) mass is 971 g/mol. The third-order valence-electron chi connectivity index (χ3n) is 12.0. The van der Waals surface area contributed by atoms with Gasteiger partial charge in [0.15, 0.2) is 6.10 Å². The second kappa shape index (κ2) is 57.6. The van der Waals surface area contributed by atoms with E-state index in [1.807, 2.05) is 0 Å². The van der Waals surface area contributed by atoms with Gasteiger partial charge in [-0.05, 0) is 103 Å². The van der Waals surface area contributed by atoms with Crippen LogP contribution in [-0.4, -0.2) is 37.2 Å². The Morgan fingerprint density at radius 2 is 0.557 bits per heavy atom. The predicted molar refractivity (Wildman–Crippen MR) is 302 cm³/mol. The van der Waals surface area contributed by atoms with Crippen LogP contribution in [0.1, 0.15) is 258 Å². The second-order valence-electron chi connectivity index (χ2n) is 18.8. The van der Waals surface area contributed by atoms with E-state index in [2.05, 4.69) is 130 Å². The summed E-state index contributed by atoms with van der Waals surface area (Å²) < 4.78 is 16.8. The number of unbranched alkanes of at least 4 members (excludes halogenated alkanes) is 22. The maximum Gasteiger partial charge on any atom is 0.306 e. The number of hydrogen-bond acceptors (Lipinski definition) is 6. The Morgan fingerprint density at radius 3 is 0.886 bits per heavy atom. The van der Waals surface area contributed by atoms with Gasteiger partial charge in [0.25, 0.3) is 0 Å². The first-order chi connectivity index (χ1) is 34.5. The molecule has 0 fully saturated rings. The molecule has 0 bridgehead atoms. The molecule has 0 radical (unpaired) electrons. The van der Waals surface area contributed by atoms with Gasteiger partial charge in [-0.25, -0.2) is 0 Å². The molecule has 0 heterocycles. The third-order valence-corrected chi connectivity index (χ3v) is 12.0. The lowest BCUT2D eigenvalue weighted by atomic mass is 10.1. The Morgan fingerprint density at radius 1 is 0.300 bits per heavy atom. The van der Waals surface area contributed by atoms with Crippen molar-refractivity contribution in [2.45, 2.75) is 264 Å². The van der Waals surface area contributed by atoms with Gasteiger partial charge in [0.2, 0.25) is 0 Å². The lowest BCUT2D eigenvalue weighted by Crippen LogP contribution is -2.30. The van der Waals surface area contributed by atoms with E-state index >= 15 is 0 Å². The summed E-state index contributed by atoms with van der Waals surface area (Å²) in [7, 11) is 0. The summed E-state index contributed by atoms with van der Waals surface area (Å²) in [5.74, 6) is -0.929. The third kappa shape index (κ3) is 55.0. The Bertz CT molecular complexity index is 1440. The van der Waals surface area contributed by atoms with Crippen LogP contribution in [0, 0.1) is 0 Å². The number of carbonyl (C=O) groups is 3. The van der Waals surface area contributed by atoms with Gasteiger partial charge >= 0.3 is 17.9 Å². The van der Waals surface area contributed by atoms with Crippen LogP contribution in [0.5, 0.6) is 0 Å². The molecule has 6 nitrogen and oxygen atoms in total. The summed E-state index contributed by atoms with van der Waals surface area (Å²) in [6, 6.07) is 0. The van der Waals surface area contributed by atoms with Crippen LogP contribution in [0.2, 0.25) is 0 Å². The maximum atomic E-state index is 12.8. The highest BCUT2D eigenvalue weighted by molar-refractivity contribution is 5.71. The zero-order chi connectivity index (χ0) is 50.7. The van der Waals surface area contributed by atoms with Crippen molar-refractivity contribution in [2.24, 2.45) is 0 Å². The van der Waals surface area contributed by atoms with E-state index in [-0.39, 0.29) is 37.5 Å². The largest absolute Gasteiger partial charge is 0.462 e. The zero-order valence-electron chi connectivity index (χ0n) is 45.5. The molecule has 6 heteroatoms. The normalized spacial score (nSPS) is 12.9. The average molecular weight is 972 g/mol. The fourth-order valence-electron chi connectivity index (χ4n) is 7.75. The Kier molecular flexibility index (Phi) is 54.4. The molecule has 1 unspecified atom stereocenters. The van der Waals surface area contributed by atoms with Crippen LogP contribution in [0.15, 0.2) is 109 Å². The molecular formula is C64H106O6. The van der Waals surface area contributed by atoms with Crippen molar-refractivity contribution in [3.8, 4) is 0 Å². The standard InChI is InChI=1S/C64H106O6/c1-4-7-10-13-16-19-22-24-26-28-30-31-32-33-35-36-38-40-42-45-48-51-54-57-63(66)69-60-61(59-68-62(65)56-53-50-47-44-21-18-15-12-9-6-3)70-64(67)58-55-52-49-46-43-41-39-37-34-29-27-25-23-20-17-14-11-8-5-2/h7-8,10-11,16-17,19-20,24-27,30-31,34,37,41,43,61H,4-6,9,12-15,18,21-23,28-29,32-33,35-36,38-40,42,44-60H2,1-3H3/b10-7-,11-8-,19-16-,20-17-,26-24-,27-25-,31-30-,37-34-,43-41-. The summed E-state index contributed by atoms with van der Waals surface area (Å²) in [4.78, 5) is 38.1. The van der Waals surface area contributed by atoms with Crippen molar-refractivity contribution in [1.29, 1.82) is 0 Å². The van der Waals surface area contributed by atoms with Gasteiger partial charge in [-0.3, -0.25) is 14.4 Å². The Balaban J connectivity index is 4.36. The Hall–Kier alpha value is -3.93. The molecule has 0 aliphatic heterocycles. The van der Waals surface area contributed by atoms with E-state index in [0.717, 1.165) is 122 Å². The highest BCUT2D eigenvalue weighted by atomic mass is 16.6. The quantitative estimate of drug-likeness (QED) is 0.0262. The van der Waals surface area contributed by atoms with E-state index < -0.39 is 6.10 Å². The molecule has 0 aromatic carbocycles. The molecule has 0 aromatic rings. The van der Waals surface area contributed by atoms with Gasteiger partial charge in [-0.2, -0.15) is 0 Å². The van der Waals surface area contributed by atoms with Gasteiger partial charge in [0.1, 0.15) is 13.2 Å². The van der Waals surface area contributed by atoms with Crippen LogP contribution < -0.4 is 0 Å². The molecule has 398 valence electrons. The number of esters is 3. The van der Waals surface area contributed by atoms with Gasteiger partial charge in [-0.15, -0.1) is 0 Å². The minimum absolute atomic E-state index is 0.0923.